The molecule has 0 aliphatic carbocycles. The second-order valence-electron chi connectivity index (χ2n) is 6.17. The lowest BCUT2D eigenvalue weighted by Crippen LogP contribution is -2.50. The average molecular weight is 338 g/mol. The number of aromatic nitrogens is 2. The van der Waals surface area contributed by atoms with Gasteiger partial charge in [-0.15, -0.1) is 0 Å². The molecule has 3 heterocycles. The van der Waals surface area contributed by atoms with Gasteiger partial charge in [-0.1, -0.05) is 23.8 Å². The minimum absolute atomic E-state index is 0.00242. The van der Waals surface area contributed by atoms with Gasteiger partial charge in [0.15, 0.2) is 0 Å². The van der Waals surface area contributed by atoms with Gasteiger partial charge in [-0.2, -0.15) is 0 Å². The lowest BCUT2D eigenvalue weighted by atomic mass is 9.99. The van der Waals surface area contributed by atoms with Crippen LogP contribution in [0.15, 0.2) is 18.5 Å². The molecule has 0 N–H and O–H groups in total. The first-order valence-corrected chi connectivity index (χ1v) is 8.14. The zero-order chi connectivity index (χ0) is 16.6. The summed E-state index contributed by atoms with van der Waals surface area (Å²) in [6.45, 7) is 5.54. The number of amides is 1. The Balaban J connectivity index is 1.67. The number of rotatable bonds is 3. The lowest BCUT2D eigenvalue weighted by Gasteiger charge is -2.38. The second kappa shape index (κ2) is 6.35. The molecule has 3 atom stereocenters. The highest BCUT2D eigenvalue weighted by molar-refractivity contribution is 6.30. The van der Waals surface area contributed by atoms with E-state index >= 15 is 0 Å². The topological polar surface area (TPSA) is 64.6 Å². The molecule has 7 heteroatoms. The van der Waals surface area contributed by atoms with E-state index in [1.54, 1.807) is 4.90 Å². The number of fused-ring (bicyclic) bond motifs is 2. The quantitative estimate of drug-likeness (QED) is 0.626. The molecule has 0 aromatic carbocycles. The molecule has 1 aromatic rings. The summed E-state index contributed by atoms with van der Waals surface area (Å²) in [4.78, 5) is 22.1. The Kier molecular flexibility index (Phi) is 4.43. The van der Waals surface area contributed by atoms with Crippen LogP contribution >= 0.6 is 11.6 Å². The Morgan fingerprint density at radius 1 is 1.30 bits per heavy atom. The number of nitrogens with zero attached hydrogens (tertiary/aromatic N) is 3. The van der Waals surface area contributed by atoms with E-state index in [2.05, 4.69) is 22.1 Å². The van der Waals surface area contributed by atoms with Crippen molar-refractivity contribution in [3.05, 3.63) is 29.2 Å². The summed E-state index contributed by atoms with van der Waals surface area (Å²) in [5.74, 6) is 0.507. The molecular formula is C16H20ClN3O3. The lowest BCUT2D eigenvalue weighted by molar-refractivity contribution is 0.0264. The van der Waals surface area contributed by atoms with Crippen molar-refractivity contribution in [2.24, 2.45) is 0 Å². The summed E-state index contributed by atoms with van der Waals surface area (Å²) in [5, 5.41) is 0.397. The fourth-order valence-electron chi connectivity index (χ4n) is 3.03. The van der Waals surface area contributed by atoms with Crippen LogP contribution in [0.1, 0.15) is 32.3 Å². The molecule has 1 amide bonds. The number of carbonyl (C=O) groups is 1. The summed E-state index contributed by atoms with van der Waals surface area (Å²) >= 11 is 6.00. The van der Waals surface area contributed by atoms with Crippen molar-refractivity contribution in [3.8, 4) is 5.88 Å². The van der Waals surface area contributed by atoms with Crippen LogP contribution in [0.2, 0.25) is 5.15 Å². The molecule has 0 radical (unpaired) electrons. The SMILES string of the molecule is Cc1c(Cl)ncnc1OC1CC2C=C[C@@H](C1)N2C(=O)OC(C)C. The molecule has 2 aliphatic heterocycles. The predicted molar refractivity (Wildman–Crippen MR) is 85.6 cm³/mol. The molecular weight excluding hydrogens is 318 g/mol. The van der Waals surface area contributed by atoms with Crippen molar-refractivity contribution in [2.75, 3.05) is 0 Å². The zero-order valence-corrected chi connectivity index (χ0v) is 14.2. The van der Waals surface area contributed by atoms with Crippen molar-refractivity contribution < 1.29 is 14.3 Å². The van der Waals surface area contributed by atoms with Crippen LogP contribution in [0.5, 0.6) is 5.88 Å². The van der Waals surface area contributed by atoms with Crippen molar-refractivity contribution in [3.63, 3.8) is 0 Å². The van der Waals surface area contributed by atoms with Gasteiger partial charge in [-0.05, 0) is 20.8 Å². The highest BCUT2D eigenvalue weighted by Crippen LogP contribution is 2.34. The summed E-state index contributed by atoms with van der Waals surface area (Å²) in [7, 11) is 0. The number of ether oxygens (including phenoxy) is 2. The molecule has 0 saturated carbocycles. The third-order valence-corrected chi connectivity index (χ3v) is 4.46. The van der Waals surface area contributed by atoms with Gasteiger partial charge in [-0.25, -0.2) is 14.8 Å². The average Bonchev–Trinajstić information content (AvgIpc) is 2.75. The van der Waals surface area contributed by atoms with Crippen LogP contribution in [0.25, 0.3) is 0 Å². The Hall–Kier alpha value is -1.82. The van der Waals surface area contributed by atoms with E-state index in [1.165, 1.54) is 6.33 Å². The van der Waals surface area contributed by atoms with Crippen LogP contribution in [0, 0.1) is 6.92 Å². The number of halogens is 1. The molecule has 1 fully saturated rings. The van der Waals surface area contributed by atoms with E-state index in [4.69, 9.17) is 21.1 Å². The van der Waals surface area contributed by atoms with Crippen LogP contribution in [0.4, 0.5) is 4.79 Å². The third kappa shape index (κ3) is 3.27. The van der Waals surface area contributed by atoms with Gasteiger partial charge < -0.3 is 9.47 Å². The van der Waals surface area contributed by atoms with E-state index in [-0.39, 0.29) is 30.4 Å². The highest BCUT2D eigenvalue weighted by atomic mass is 35.5. The Bertz CT molecular complexity index is 619. The molecule has 3 rings (SSSR count). The number of piperidine rings is 1. The molecule has 1 saturated heterocycles. The van der Waals surface area contributed by atoms with Crippen LogP contribution in [0.3, 0.4) is 0 Å². The maximum absolute atomic E-state index is 12.2. The minimum Gasteiger partial charge on any atom is -0.474 e. The van der Waals surface area contributed by atoms with Gasteiger partial charge in [0.25, 0.3) is 0 Å². The summed E-state index contributed by atoms with van der Waals surface area (Å²) in [6.07, 6.45) is 6.51. The molecule has 1 aromatic heterocycles. The first-order chi connectivity index (χ1) is 11.0. The molecule has 2 aliphatic rings. The molecule has 124 valence electrons. The van der Waals surface area contributed by atoms with Gasteiger partial charge >= 0.3 is 6.09 Å². The van der Waals surface area contributed by atoms with E-state index in [0.717, 1.165) is 5.56 Å². The van der Waals surface area contributed by atoms with Gasteiger partial charge in [0.05, 0.1) is 18.2 Å². The smallest absolute Gasteiger partial charge is 0.411 e. The van der Waals surface area contributed by atoms with Gasteiger partial charge in [-0.3, -0.25) is 4.90 Å². The standard InChI is InChI=1S/C16H20ClN3O3/c1-9(2)22-16(21)20-11-4-5-12(20)7-13(6-11)23-15-10(3)14(17)18-8-19-15/h4-5,8-9,11-13H,6-7H2,1-3H3/t11-,12?,13?/m0/s1. The third-order valence-electron chi connectivity index (χ3n) is 4.08. The summed E-state index contributed by atoms with van der Waals surface area (Å²) < 4.78 is 11.3. The van der Waals surface area contributed by atoms with E-state index in [9.17, 15) is 4.79 Å². The molecule has 2 bridgehead atoms. The van der Waals surface area contributed by atoms with Gasteiger partial charge in [0.2, 0.25) is 5.88 Å². The number of carbonyl (C=O) groups excluding carboxylic acids is 1. The molecule has 2 unspecified atom stereocenters. The Morgan fingerprint density at radius 2 is 1.96 bits per heavy atom. The normalized spacial score (nSPS) is 25.8. The Labute approximate surface area is 140 Å². The molecule has 0 spiro atoms. The monoisotopic (exact) mass is 337 g/mol. The second-order valence-corrected chi connectivity index (χ2v) is 6.52. The molecule has 6 nitrogen and oxygen atoms in total. The van der Waals surface area contributed by atoms with Crippen LogP contribution in [-0.4, -0.2) is 45.3 Å². The minimum atomic E-state index is -0.264. The van der Waals surface area contributed by atoms with Crippen LogP contribution in [-0.2, 0) is 4.74 Å². The summed E-state index contributed by atoms with van der Waals surface area (Å²) in [5.41, 5.74) is 0.733. The maximum Gasteiger partial charge on any atom is 0.411 e. The zero-order valence-electron chi connectivity index (χ0n) is 13.4. The van der Waals surface area contributed by atoms with Crippen molar-refractivity contribution in [1.29, 1.82) is 0 Å². The van der Waals surface area contributed by atoms with Crippen molar-refractivity contribution in [2.45, 2.75) is 57.9 Å². The summed E-state index contributed by atoms with van der Waals surface area (Å²) in [6, 6.07) is 0.00484. The highest BCUT2D eigenvalue weighted by Gasteiger charge is 2.42. The number of hydrogen-bond donors (Lipinski definition) is 0. The van der Waals surface area contributed by atoms with Gasteiger partial charge in [0.1, 0.15) is 17.6 Å². The predicted octanol–water partition coefficient (Wildman–Crippen LogP) is 3.13. The van der Waals surface area contributed by atoms with Crippen molar-refractivity contribution >= 4 is 17.7 Å². The van der Waals surface area contributed by atoms with E-state index in [1.807, 2.05) is 20.8 Å². The fraction of sp³-hybridized carbons (Fsp3) is 0.562. The number of hydrogen-bond acceptors (Lipinski definition) is 5. The fourth-order valence-corrected chi connectivity index (χ4v) is 3.15. The van der Waals surface area contributed by atoms with Gasteiger partial charge in [0, 0.05) is 18.4 Å². The van der Waals surface area contributed by atoms with E-state index in [0.29, 0.717) is 23.9 Å². The van der Waals surface area contributed by atoms with Crippen LogP contribution < -0.4 is 4.74 Å². The van der Waals surface area contributed by atoms with E-state index < -0.39 is 0 Å². The largest absolute Gasteiger partial charge is 0.474 e. The first kappa shape index (κ1) is 16.1. The first-order valence-electron chi connectivity index (χ1n) is 7.76. The maximum atomic E-state index is 12.2. The van der Waals surface area contributed by atoms with Crippen molar-refractivity contribution in [1.82, 2.24) is 14.9 Å². The Morgan fingerprint density at radius 3 is 2.57 bits per heavy atom. The molecule has 23 heavy (non-hydrogen) atoms.